The molecular formula is C20H22N4O3. The van der Waals surface area contributed by atoms with Gasteiger partial charge in [-0.2, -0.15) is 5.10 Å². The zero-order valence-electron chi connectivity index (χ0n) is 15.0. The summed E-state index contributed by atoms with van der Waals surface area (Å²) in [5, 5.41) is 7.76. The normalized spacial score (nSPS) is 22.7. The minimum absolute atomic E-state index is 0.00363. The number of hydrogen-bond acceptors (Lipinski definition) is 5. The van der Waals surface area contributed by atoms with Gasteiger partial charge in [-0.1, -0.05) is 18.2 Å². The Morgan fingerprint density at radius 2 is 1.96 bits per heavy atom. The van der Waals surface area contributed by atoms with Crippen LogP contribution in [0.2, 0.25) is 0 Å². The van der Waals surface area contributed by atoms with Gasteiger partial charge in [0.05, 0.1) is 12.5 Å². The number of piperidine rings is 1. The summed E-state index contributed by atoms with van der Waals surface area (Å²) in [6.07, 6.45) is 3.51. The van der Waals surface area contributed by atoms with Crippen molar-refractivity contribution in [2.45, 2.75) is 25.4 Å². The van der Waals surface area contributed by atoms with Crippen molar-refractivity contribution < 1.29 is 14.3 Å². The van der Waals surface area contributed by atoms with Crippen LogP contribution >= 0.6 is 0 Å². The van der Waals surface area contributed by atoms with E-state index in [9.17, 15) is 9.59 Å². The summed E-state index contributed by atoms with van der Waals surface area (Å²) in [4.78, 5) is 28.9. The molecule has 7 heteroatoms. The maximum absolute atomic E-state index is 13.0. The summed E-state index contributed by atoms with van der Waals surface area (Å²) in [6, 6.07) is 13.1. The van der Waals surface area contributed by atoms with Gasteiger partial charge in [-0.3, -0.25) is 9.59 Å². The van der Waals surface area contributed by atoms with Crippen LogP contribution in [0.15, 0.2) is 48.7 Å². The minimum Gasteiger partial charge on any atom is -0.471 e. The van der Waals surface area contributed by atoms with Crippen LogP contribution in [-0.2, 0) is 9.59 Å². The molecular weight excluding hydrogens is 344 g/mol. The number of anilines is 1. The van der Waals surface area contributed by atoms with E-state index >= 15 is 0 Å². The van der Waals surface area contributed by atoms with E-state index in [0.717, 1.165) is 18.5 Å². The summed E-state index contributed by atoms with van der Waals surface area (Å²) in [5.41, 5.74) is 0.848. The fraction of sp³-hybridized carbons (Fsp3) is 0.400. The molecule has 0 aliphatic carbocycles. The van der Waals surface area contributed by atoms with E-state index in [1.807, 2.05) is 35.2 Å². The zero-order chi connectivity index (χ0) is 18.6. The lowest BCUT2D eigenvalue weighted by Crippen LogP contribution is -2.47. The van der Waals surface area contributed by atoms with E-state index < -0.39 is 0 Å². The van der Waals surface area contributed by atoms with Crippen molar-refractivity contribution in [2.75, 3.05) is 24.5 Å². The predicted octanol–water partition coefficient (Wildman–Crippen LogP) is 1.90. The third-order valence-electron chi connectivity index (χ3n) is 5.07. The number of amides is 2. The van der Waals surface area contributed by atoms with Crippen molar-refractivity contribution >= 4 is 17.5 Å². The Balaban J connectivity index is 1.38. The molecule has 2 atom stereocenters. The maximum Gasteiger partial charge on any atom is 0.233 e. The molecule has 0 radical (unpaired) electrons. The summed E-state index contributed by atoms with van der Waals surface area (Å²) in [5.74, 6) is 0.217. The molecule has 2 aliphatic rings. The molecule has 2 aliphatic heterocycles. The lowest BCUT2D eigenvalue weighted by Gasteiger charge is -2.34. The Morgan fingerprint density at radius 1 is 1.11 bits per heavy atom. The number of nitrogens with zero attached hydrogens (tertiary/aromatic N) is 4. The van der Waals surface area contributed by atoms with Gasteiger partial charge in [-0.25, -0.2) is 0 Å². The van der Waals surface area contributed by atoms with Gasteiger partial charge in [-0.15, -0.1) is 5.10 Å². The van der Waals surface area contributed by atoms with E-state index in [-0.39, 0.29) is 30.3 Å². The highest BCUT2D eigenvalue weighted by Gasteiger charge is 2.38. The van der Waals surface area contributed by atoms with Crippen molar-refractivity contribution in [1.82, 2.24) is 15.1 Å². The standard InChI is InChI=1S/C20H22N4O3/c25-19-12-15(13-24(19)16-6-2-1-3-7-16)20(26)23-11-5-8-17(14-23)27-18-9-4-10-21-22-18/h1-4,6-7,9-10,15,17H,5,8,11-14H2. The quantitative estimate of drug-likeness (QED) is 0.826. The Morgan fingerprint density at radius 3 is 2.74 bits per heavy atom. The first-order valence-electron chi connectivity index (χ1n) is 9.29. The Kier molecular flexibility index (Phi) is 5.00. The van der Waals surface area contributed by atoms with E-state index in [4.69, 9.17) is 4.74 Å². The number of carbonyl (C=O) groups excluding carboxylic acids is 2. The molecule has 2 fully saturated rings. The fourth-order valence-corrected chi connectivity index (χ4v) is 3.74. The molecule has 27 heavy (non-hydrogen) atoms. The second-order valence-corrected chi connectivity index (χ2v) is 6.97. The summed E-state index contributed by atoms with van der Waals surface area (Å²) >= 11 is 0. The van der Waals surface area contributed by atoms with Crippen LogP contribution in [-0.4, -0.2) is 52.6 Å². The third kappa shape index (κ3) is 3.92. The van der Waals surface area contributed by atoms with Crippen LogP contribution in [0.3, 0.4) is 0 Å². The van der Waals surface area contributed by atoms with E-state index in [2.05, 4.69) is 10.2 Å². The first-order chi connectivity index (χ1) is 13.2. The van der Waals surface area contributed by atoms with Gasteiger partial charge in [0.25, 0.3) is 0 Å². The van der Waals surface area contributed by atoms with Crippen molar-refractivity contribution in [1.29, 1.82) is 0 Å². The van der Waals surface area contributed by atoms with E-state index in [0.29, 0.717) is 25.5 Å². The molecule has 2 aromatic rings. The molecule has 3 heterocycles. The number of para-hydroxylation sites is 1. The number of rotatable bonds is 4. The molecule has 1 aromatic carbocycles. The number of aromatic nitrogens is 2. The van der Waals surface area contributed by atoms with Crippen molar-refractivity contribution in [3.8, 4) is 5.88 Å². The zero-order valence-corrected chi connectivity index (χ0v) is 15.0. The highest BCUT2D eigenvalue weighted by Crippen LogP contribution is 2.27. The van der Waals surface area contributed by atoms with Crippen LogP contribution in [0.4, 0.5) is 5.69 Å². The third-order valence-corrected chi connectivity index (χ3v) is 5.07. The maximum atomic E-state index is 13.0. The largest absolute Gasteiger partial charge is 0.471 e. The number of ether oxygens (including phenoxy) is 1. The van der Waals surface area contributed by atoms with Crippen LogP contribution in [0.1, 0.15) is 19.3 Å². The molecule has 4 rings (SSSR count). The lowest BCUT2D eigenvalue weighted by atomic mass is 10.0. The van der Waals surface area contributed by atoms with Gasteiger partial charge >= 0.3 is 0 Å². The second kappa shape index (κ2) is 7.73. The first-order valence-corrected chi connectivity index (χ1v) is 9.29. The average molecular weight is 366 g/mol. The molecule has 0 spiro atoms. The number of carbonyl (C=O) groups is 2. The molecule has 0 bridgehead atoms. The smallest absolute Gasteiger partial charge is 0.233 e. The summed E-state index contributed by atoms with van der Waals surface area (Å²) in [7, 11) is 0. The average Bonchev–Trinajstić information content (AvgIpc) is 3.11. The van der Waals surface area contributed by atoms with E-state index in [1.165, 1.54) is 0 Å². The monoisotopic (exact) mass is 366 g/mol. The van der Waals surface area contributed by atoms with Gasteiger partial charge in [0.1, 0.15) is 6.10 Å². The topological polar surface area (TPSA) is 75.6 Å². The summed E-state index contributed by atoms with van der Waals surface area (Å²) in [6.45, 7) is 1.66. The van der Waals surface area contributed by atoms with Crippen LogP contribution < -0.4 is 9.64 Å². The molecule has 0 saturated carbocycles. The highest BCUT2D eigenvalue weighted by molar-refractivity contribution is 6.00. The van der Waals surface area contributed by atoms with Gasteiger partial charge < -0.3 is 14.5 Å². The van der Waals surface area contributed by atoms with Gasteiger partial charge in [0.2, 0.25) is 17.7 Å². The molecule has 2 saturated heterocycles. The minimum atomic E-state index is -0.298. The van der Waals surface area contributed by atoms with Gasteiger partial charge in [0.15, 0.2) is 0 Å². The Labute approximate surface area is 157 Å². The molecule has 7 nitrogen and oxygen atoms in total. The van der Waals surface area contributed by atoms with Crippen LogP contribution in [0.25, 0.3) is 0 Å². The second-order valence-electron chi connectivity index (χ2n) is 6.97. The summed E-state index contributed by atoms with van der Waals surface area (Å²) < 4.78 is 5.87. The van der Waals surface area contributed by atoms with Crippen LogP contribution in [0, 0.1) is 5.92 Å². The van der Waals surface area contributed by atoms with Gasteiger partial charge in [0, 0.05) is 37.5 Å². The predicted molar refractivity (Wildman–Crippen MR) is 99.2 cm³/mol. The fourth-order valence-electron chi connectivity index (χ4n) is 3.74. The highest BCUT2D eigenvalue weighted by atomic mass is 16.5. The van der Waals surface area contributed by atoms with Gasteiger partial charge in [-0.05, 0) is 31.0 Å². The van der Waals surface area contributed by atoms with E-state index in [1.54, 1.807) is 23.2 Å². The SMILES string of the molecule is O=C(C1CC(=O)N(c2ccccc2)C1)N1CCCC(Oc2cccnn2)C1. The molecule has 2 amide bonds. The first kappa shape index (κ1) is 17.5. The molecule has 2 unspecified atom stereocenters. The lowest BCUT2D eigenvalue weighted by molar-refractivity contribution is -0.138. The molecule has 140 valence electrons. The number of hydrogen-bond donors (Lipinski definition) is 0. The molecule has 1 aromatic heterocycles. The van der Waals surface area contributed by atoms with Crippen molar-refractivity contribution in [3.63, 3.8) is 0 Å². The number of likely N-dealkylation sites (tertiary alicyclic amines) is 1. The Bertz CT molecular complexity index is 799. The van der Waals surface area contributed by atoms with Crippen LogP contribution in [0.5, 0.6) is 5.88 Å². The molecule has 0 N–H and O–H groups in total. The van der Waals surface area contributed by atoms with Crippen molar-refractivity contribution in [3.05, 3.63) is 48.7 Å². The Hall–Kier alpha value is -2.96. The number of benzene rings is 1. The van der Waals surface area contributed by atoms with Crippen molar-refractivity contribution in [2.24, 2.45) is 5.92 Å².